The smallest absolute Gasteiger partial charge is 0.0411 e. The fraction of sp³-hybridized carbons (Fsp3) is 0.111. The molecule has 1 aromatic rings. The molecular formula is C9H10IN. The molecule has 0 radical (unpaired) electrons. The van der Waals surface area contributed by atoms with Crippen molar-refractivity contribution in [3.63, 3.8) is 0 Å². The number of halogens is 1. The highest BCUT2D eigenvalue weighted by atomic mass is 127. The van der Waals surface area contributed by atoms with Crippen LogP contribution in [0.4, 0.5) is 5.69 Å². The topological polar surface area (TPSA) is 12.0 Å². The molecule has 0 bridgehead atoms. The molecule has 1 rings (SSSR count). The van der Waals surface area contributed by atoms with Gasteiger partial charge >= 0.3 is 0 Å². The van der Waals surface area contributed by atoms with Crippen LogP contribution in [0.3, 0.4) is 0 Å². The average molecular weight is 259 g/mol. The van der Waals surface area contributed by atoms with Gasteiger partial charge in [0.05, 0.1) is 0 Å². The van der Waals surface area contributed by atoms with Crippen LogP contribution in [0.25, 0.3) is 6.08 Å². The second-order valence-corrected chi connectivity index (χ2v) is 2.85. The molecule has 1 N–H and O–H groups in total. The summed E-state index contributed by atoms with van der Waals surface area (Å²) in [4.78, 5) is 0. The number of benzene rings is 1. The fourth-order valence-electron chi connectivity index (χ4n) is 0.938. The lowest BCUT2D eigenvalue weighted by Crippen LogP contribution is -1.89. The number of para-hydroxylation sites is 1. The molecule has 11 heavy (non-hydrogen) atoms. The van der Waals surface area contributed by atoms with Crippen molar-refractivity contribution in [2.24, 2.45) is 0 Å². The Morgan fingerprint density at radius 3 is 2.73 bits per heavy atom. The van der Waals surface area contributed by atoms with Gasteiger partial charge in [0.15, 0.2) is 0 Å². The van der Waals surface area contributed by atoms with Crippen molar-refractivity contribution in [2.75, 3.05) is 12.4 Å². The van der Waals surface area contributed by atoms with Gasteiger partial charge in [-0.2, -0.15) is 0 Å². The molecule has 0 unspecified atom stereocenters. The Morgan fingerprint density at radius 1 is 1.36 bits per heavy atom. The van der Waals surface area contributed by atoms with Gasteiger partial charge in [-0.3, -0.25) is 0 Å². The number of anilines is 1. The van der Waals surface area contributed by atoms with Crippen molar-refractivity contribution in [3.05, 3.63) is 33.9 Å². The highest BCUT2D eigenvalue weighted by Gasteiger charge is 1.92. The highest BCUT2D eigenvalue weighted by Crippen LogP contribution is 2.15. The second-order valence-electron chi connectivity index (χ2n) is 2.13. The van der Waals surface area contributed by atoms with E-state index in [1.807, 2.05) is 23.3 Å². The van der Waals surface area contributed by atoms with E-state index in [9.17, 15) is 0 Å². The third-order valence-corrected chi connectivity index (χ3v) is 1.83. The van der Waals surface area contributed by atoms with Crippen molar-refractivity contribution in [2.45, 2.75) is 0 Å². The summed E-state index contributed by atoms with van der Waals surface area (Å²) in [6, 6.07) is 8.20. The van der Waals surface area contributed by atoms with E-state index in [0.29, 0.717) is 0 Å². The number of hydrogen-bond donors (Lipinski definition) is 1. The van der Waals surface area contributed by atoms with Crippen LogP contribution in [0.5, 0.6) is 0 Å². The molecule has 0 aliphatic rings. The lowest BCUT2D eigenvalue weighted by molar-refractivity contribution is 1.50. The molecule has 0 aliphatic heterocycles. The lowest BCUT2D eigenvalue weighted by Gasteiger charge is -2.02. The molecule has 0 aromatic heterocycles. The van der Waals surface area contributed by atoms with Crippen LogP contribution in [-0.2, 0) is 0 Å². The Hall–Kier alpha value is -0.510. The zero-order chi connectivity index (χ0) is 8.10. The first-order valence-corrected chi connectivity index (χ1v) is 4.66. The van der Waals surface area contributed by atoms with Gasteiger partial charge < -0.3 is 5.32 Å². The van der Waals surface area contributed by atoms with Crippen molar-refractivity contribution in [1.82, 2.24) is 0 Å². The van der Waals surface area contributed by atoms with Gasteiger partial charge in [0.2, 0.25) is 0 Å². The van der Waals surface area contributed by atoms with Gasteiger partial charge in [-0.1, -0.05) is 40.8 Å². The minimum Gasteiger partial charge on any atom is -0.388 e. The standard InChI is InChI=1S/C9H10IN/c1-11-9-5-3-2-4-8(9)6-7-10/h2-7,11H,1H3/b7-6-. The zero-order valence-corrected chi connectivity index (χ0v) is 8.50. The summed E-state index contributed by atoms with van der Waals surface area (Å²) in [5.74, 6) is 0. The van der Waals surface area contributed by atoms with Gasteiger partial charge in [0.1, 0.15) is 0 Å². The molecule has 1 nitrogen and oxygen atoms in total. The van der Waals surface area contributed by atoms with Gasteiger partial charge in [0, 0.05) is 12.7 Å². The number of nitrogens with one attached hydrogen (secondary N) is 1. The van der Waals surface area contributed by atoms with Crippen LogP contribution >= 0.6 is 22.6 Å². The van der Waals surface area contributed by atoms with Crippen molar-refractivity contribution in [3.8, 4) is 0 Å². The summed E-state index contributed by atoms with van der Waals surface area (Å²) < 4.78 is 2.01. The Morgan fingerprint density at radius 2 is 2.09 bits per heavy atom. The summed E-state index contributed by atoms with van der Waals surface area (Å²) in [6.07, 6.45) is 2.08. The molecule has 0 amide bonds. The summed E-state index contributed by atoms with van der Waals surface area (Å²) in [5.41, 5.74) is 2.39. The average Bonchev–Trinajstić information content (AvgIpc) is 2.06. The largest absolute Gasteiger partial charge is 0.388 e. The molecule has 0 saturated heterocycles. The molecule has 2 heteroatoms. The number of rotatable bonds is 2. The first-order valence-electron chi connectivity index (χ1n) is 3.42. The zero-order valence-electron chi connectivity index (χ0n) is 6.34. The summed E-state index contributed by atoms with van der Waals surface area (Å²) in [7, 11) is 1.93. The first-order chi connectivity index (χ1) is 5.38. The van der Waals surface area contributed by atoms with E-state index in [2.05, 4.69) is 46.1 Å². The molecule has 0 aliphatic carbocycles. The predicted molar refractivity (Wildman–Crippen MR) is 59.0 cm³/mol. The van der Waals surface area contributed by atoms with Crippen LogP contribution in [0.2, 0.25) is 0 Å². The fourth-order valence-corrected chi connectivity index (χ4v) is 1.33. The highest BCUT2D eigenvalue weighted by molar-refractivity contribution is 14.1. The SMILES string of the molecule is CNc1ccccc1/C=C\I. The molecule has 1 aromatic carbocycles. The third-order valence-electron chi connectivity index (χ3n) is 1.47. The van der Waals surface area contributed by atoms with Crippen molar-refractivity contribution >= 4 is 34.4 Å². The Bertz CT molecular complexity index is 255. The van der Waals surface area contributed by atoms with Gasteiger partial charge in [0.25, 0.3) is 0 Å². The lowest BCUT2D eigenvalue weighted by atomic mass is 10.2. The van der Waals surface area contributed by atoms with Crippen molar-refractivity contribution < 1.29 is 0 Å². The van der Waals surface area contributed by atoms with E-state index in [1.165, 1.54) is 11.3 Å². The van der Waals surface area contributed by atoms with E-state index < -0.39 is 0 Å². The van der Waals surface area contributed by atoms with Crippen LogP contribution < -0.4 is 5.32 Å². The van der Waals surface area contributed by atoms with Crippen LogP contribution in [0, 0.1) is 0 Å². The molecule has 58 valence electrons. The summed E-state index contributed by atoms with van der Waals surface area (Å²) in [5, 5.41) is 3.13. The van der Waals surface area contributed by atoms with Gasteiger partial charge in [-0.05, 0) is 21.8 Å². The third kappa shape index (κ3) is 2.22. The minimum absolute atomic E-state index is 1.17. The maximum absolute atomic E-state index is 3.13. The maximum Gasteiger partial charge on any atom is 0.0411 e. The Kier molecular flexibility index (Phi) is 3.42. The molecule has 0 fully saturated rings. The van der Waals surface area contributed by atoms with E-state index >= 15 is 0 Å². The molecular weight excluding hydrogens is 249 g/mol. The van der Waals surface area contributed by atoms with Crippen LogP contribution in [-0.4, -0.2) is 7.05 Å². The van der Waals surface area contributed by atoms with Gasteiger partial charge in [-0.15, -0.1) is 0 Å². The van der Waals surface area contributed by atoms with Crippen LogP contribution in [0.1, 0.15) is 5.56 Å². The molecule has 0 heterocycles. The van der Waals surface area contributed by atoms with E-state index in [0.717, 1.165) is 0 Å². The Balaban J connectivity index is 3.02. The normalized spacial score (nSPS) is 10.4. The molecule has 0 saturated carbocycles. The maximum atomic E-state index is 3.13. The van der Waals surface area contributed by atoms with E-state index in [1.54, 1.807) is 0 Å². The molecule has 0 spiro atoms. The summed E-state index contributed by atoms with van der Waals surface area (Å²) >= 11 is 2.22. The quantitative estimate of drug-likeness (QED) is 0.804. The predicted octanol–water partition coefficient (Wildman–Crippen LogP) is 3.13. The number of hydrogen-bond acceptors (Lipinski definition) is 1. The van der Waals surface area contributed by atoms with Crippen LogP contribution in [0.15, 0.2) is 28.3 Å². The summed E-state index contributed by atoms with van der Waals surface area (Å²) in [6.45, 7) is 0. The van der Waals surface area contributed by atoms with E-state index in [-0.39, 0.29) is 0 Å². The van der Waals surface area contributed by atoms with Crippen molar-refractivity contribution in [1.29, 1.82) is 0 Å². The monoisotopic (exact) mass is 259 g/mol. The molecule has 0 atom stereocenters. The minimum atomic E-state index is 1.17. The van der Waals surface area contributed by atoms with E-state index in [4.69, 9.17) is 0 Å². The van der Waals surface area contributed by atoms with Gasteiger partial charge in [-0.25, -0.2) is 0 Å². The second kappa shape index (κ2) is 4.38. The Labute approximate surface area is 80.6 Å². The first kappa shape index (κ1) is 8.59.